The zero-order valence-electron chi connectivity index (χ0n) is 14.4. The smallest absolute Gasteiger partial charge is 0.198 e. The van der Waals surface area contributed by atoms with Crippen LogP contribution in [0.4, 0.5) is 11.4 Å². The maximum absolute atomic E-state index is 6.25. The second-order valence-corrected chi connectivity index (χ2v) is 7.39. The van der Waals surface area contributed by atoms with Crippen molar-refractivity contribution in [2.24, 2.45) is 10.7 Å². The van der Waals surface area contributed by atoms with E-state index in [0.29, 0.717) is 5.96 Å². The van der Waals surface area contributed by atoms with Crippen LogP contribution in [0, 0.1) is 0 Å². The molecule has 1 aliphatic rings. The van der Waals surface area contributed by atoms with Gasteiger partial charge in [0.15, 0.2) is 5.96 Å². The average Bonchev–Trinajstić information content (AvgIpc) is 3.13. The highest BCUT2D eigenvalue weighted by molar-refractivity contribution is 9.10. The number of fused-ring (bicyclic) bond motifs is 1. The summed E-state index contributed by atoms with van der Waals surface area (Å²) >= 11 is 3.60. The van der Waals surface area contributed by atoms with Crippen LogP contribution in [0.3, 0.4) is 0 Å². The van der Waals surface area contributed by atoms with Crippen LogP contribution in [0.2, 0.25) is 0 Å². The summed E-state index contributed by atoms with van der Waals surface area (Å²) in [6.45, 7) is 0. The van der Waals surface area contributed by atoms with Crippen molar-refractivity contribution in [3.8, 4) is 0 Å². The summed E-state index contributed by atoms with van der Waals surface area (Å²) in [5.41, 5.74) is 10.4. The molecule has 3 N–H and O–H groups in total. The van der Waals surface area contributed by atoms with Gasteiger partial charge in [-0.2, -0.15) is 0 Å². The molecule has 0 unspecified atom stereocenters. The van der Waals surface area contributed by atoms with Gasteiger partial charge < -0.3 is 11.1 Å². The number of guanidine groups is 1. The van der Waals surface area contributed by atoms with Gasteiger partial charge in [0, 0.05) is 21.1 Å². The quantitative estimate of drug-likeness (QED) is 0.263. The Morgan fingerprint density at radius 2 is 1.70 bits per heavy atom. The molecule has 0 spiro atoms. The number of hydrogen-bond donors (Lipinski definition) is 2. The maximum Gasteiger partial charge on any atom is 0.198 e. The molecule has 0 aromatic heterocycles. The average molecular weight is 414 g/mol. The maximum atomic E-state index is 6.25. The molecule has 4 aromatic rings. The van der Waals surface area contributed by atoms with E-state index in [1.54, 1.807) is 0 Å². The topological polar surface area (TPSA) is 50.4 Å². The number of hydrogen-bond acceptors (Lipinski definition) is 1. The van der Waals surface area contributed by atoms with Gasteiger partial charge in [-0.3, -0.25) is 0 Å². The lowest BCUT2D eigenvalue weighted by molar-refractivity contribution is 1.45. The number of nitrogens with zero attached hydrogens (tertiary/aromatic N) is 1. The van der Waals surface area contributed by atoms with E-state index >= 15 is 0 Å². The van der Waals surface area contributed by atoms with Crippen molar-refractivity contribution in [2.75, 3.05) is 5.32 Å². The van der Waals surface area contributed by atoms with Crippen LogP contribution in [-0.2, 0) is 0 Å². The molecule has 0 atom stereocenters. The molecule has 4 aromatic carbocycles. The van der Waals surface area contributed by atoms with Gasteiger partial charge in [-0.05, 0) is 39.9 Å². The molecular formula is C23H16BrN3. The molecule has 0 saturated heterocycles. The Bertz CT molecular complexity index is 1270. The Hall–Kier alpha value is -3.11. The van der Waals surface area contributed by atoms with Crippen molar-refractivity contribution in [1.29, 1.82) is 0 Å². The van der Waals surface area contributed by atoms with Crippen LogP contribution >= 0.6 is 15.9 Å². The summed E-state index contributed by atoms with van der Waals surface area (Å²) in [7, 11) is 0. The van der Waals surface area contributed by atoms with E-state index in [0.717, 1.165) is 32.2 Å². The number of halogens is 1. The van der Waals surface area contributed by atoms with Crippen molar-refractivity contribution < 1.29 is 0 Å². The van der Waals surface area contributed by atoms with Crippen LogP contribution in [-0.4, -0.2) is 5.96 Å². The standard InChI is InChI=1S/C23H16BrN3/c24-19-11-13-20(17-7-2-1-6-16(17)19)26-23(25)27-21-12-9-15-5-3-4-14-8-10-18(21)22(14)15/h1-13H,(H3,25,26,27). The number of aliphatic imine (C=N–C) groups is 1. The van der Waals surface area contributed by atoms with E-state index in [1.807, 2.05) is 30.3 Å². The van der Waals surface area contributed by atoms with Gasteiger partial charge in [-0.1, -0.05) is 76.6 Å². The van der Waals surface area contributed by atoms with Crippen molar-refractivity contribution in [2.45, 2.75) is 0 Å². The number of benzene rings is 4. The zero-order valence-corrected chi connectivity index (χ0v) is 16.0. The van der Waals surface area contributed by atoms with Crippen molar-refractivity contribution in [3.63, 3.8) is 0 Å². The molecule has 0 aliphatic heterocycles. The minimum absolute atomic E-state index is 0.371. The first-order valence-corrected chi connectivity index (χ1v) is 9.52. The Balaban J connectivity index is 1.56. The fraction of sp³-hybridized carbons (Fsp3) is 0. The molecule has 1 aliphatic carbocycles. The summed E-state index contributed by atoms with van der Waals surface area (Å²) in [6, 6.07) is 22.6. The van der Waals surface area contributed by atoms with E-state index in [1.165, 1.54) is 16.3 Å². The summed E-state index contributed by atoms with van der Waals surface area (Å²) < 4.78 is 1.06. The van der Waals surface area contributed by atoms with Crippen LogP contribution in [0.5, 0.6) is 0 Å². The second kappa shape index (κ2) is 6.25. The van der Waals surface area contributed by atoms with Crippen molar-refractivity contribution in [3.05, 3.63) is 82.3 Å². The van der Waals surface area contributed by atoms with E-state index < -0.39 is 0 Å². The van der Waals surface area contributed by atoms with Crippen LogP contribution < -0.4 is 11.1 Å². The second-order valence-electron chi connectivity index (χ2n) is 6.54. The first-order chi connectivity index (χ1) is 13.2. The summed E-state index contributed by atoms with van der Waals surface area (Å²) in [4.78, 5) is 4.66. The molecule has 0 heterocycles. The third-order valence-corrected chi connectivity index (χ3v) is 5.59. The van der Waals surface area contributed by atoms with Gasteiger partial charge in [0.2, 0.25) is 0 Å². The van der Waals surface area contributed by atoms with Crippen molar-refractivity contribution in [1.82, 2.24) is 0 Å². The fourth-order valence-corrected chi connectivity index (χ4v) is 4.15. The number of nitrogens with two attached hydrogens (primary N) is 1. The van der Waals surface area contributed by atoms with Crippen LogP contribution in [0.1, 0.15) is 11.1 Å². The minimum atomic E-state index is 0.371. The third kappa shape index (κ3) is 2.69. The molecule has 3 nitrogen and oxygen atoms in total. The lowest BCUT2D eigenvalue weighted by Gasteiger charge is -2.11. The van der Waals surface area contributed by atoms with Crippen LogP contribution in [0.25, 0.3) is 33.7 Å². The first kappa shape index (κ1) is 16.1. The zero-order chi connectivity index (χ0) is 18.4. The fourth-order valence-electron chi connectivity index (χ4n) is 3.67. The number of rotatable bonds is 2. The molecule has 0 radical (unpaired) electrons. The highest BCUT2D eigenvalue weighted by Gasteiger charge is 2.13. The normalized spacial score (nSPS) is 12.9. The minimum Gasteiger partial charge on any atom is -0.369 e. The predicted octanol–water partition coefficient (Wildman–Crippen LogP) is 6.30. The molecule has 0 amide bonds. The van der Waals surface area contributed by atoms with Crippen LogP contribution in [0.15, 0.2) is 76.2 Å². The monoisotopic (exact) mass is 413 g/mol. The van der Waals surface area contributed by atoms with Gasteiger partial charge in [-0.15, -0.1) is 0 Å². The predicted molar refractivity (Wildman–Crippen MR) is 119 cm³/mol. The van der Waals surface area contributed by atoms with Gasteiger partial charge in [-0.25, -0.2) is 4.99 Å². The van der Waals surface area contributed by atoms with E-state index in [-0.39, 0.29) is 0 Å². The molecule has 0 saturated carbocycles. The Labute approximate surface area is 165 Å². The summed E-state index contributed by atoms with van der Waals surface area (Å²) in [6.07, 6.45) is 4.24. The lowest BCUT2D eigenvalue weighted by Crippen LogP contribution is -2.22. The van der Waals surface area contributed by atoms with Gasteiger partial charge in [0.25, 0.3) is 0 Å². The Morgan fingerprint density at radius 3 is 2.59 bits per heavy atom. The molecule has 4 heteroatoms. The number of nitrogens with one attached hydrogen (secondary N) is 1. The molecule has 0 bridgehead atoms. The molecule has 5 rings (SSSR count). The molecule has 130 valence electrons. The highest BCUT2D eigenvalue weighted by atomic mass is 79.9. The van der Waals surface area contributed by atoms with Gasteiger partial charge in [0.05, 0.1) is 5.69 Å². The van der Waals surface area contributed by atoms with E-state index in [4.69, 9.17) is 5.73 Å². The summed E-state index contributed by atoms with van der Waals surface area (Å²) in [5, 5.41) is 7.94. The van der Waals surface area contributed by atoms with E-state index in [9.17, 15) is 0 Å². The SMILES string of the molecule is NC(=Nc1ccc2cccc3c2c1C=C3)Nc1ccc(Br)c2ccccc12. The Kier molecular flexibility index (Phi) is 3.73. The highest BCUT2D eigenvalue weighted by Crippen LogP contribution is 2.37. The summed E-state index contributed by atoms with van der Waals surface area (Å²) in [5.74, 6) is 0.371. The number of anilines is 1. The largest absolute Gasteiger partial charge is 0.369 e. The molecular weight excluding hydrogens is 398 g/mol. The van der Waals surface area contributed by atoms with Crippen molar-refractivity contribution >= 4 is 67.0 Å². The first-order valence-electron chi connectivity index (χ1n) is 8.73. The third-order valence-electron chi connectivity index (χ3n) is 4.90. The Morgan fingerprint density at radius 1 is 0.852 bits per heavy atom. The molecule has 27 heavy (non-hydrogen) atoms. The molecule has 0 fully saturated rings. The van der Waals surface area contributed by atoms with Gasteiger partial charge >= 0.3 is 0 Å². The van der Waals surface area contributed by atoms with Gasteiger partial charge in [0.1, 0.15) is 0 Å². The van der Waals surface area contributed by atoms with E-state index in [2.05, 4.69) is 74.8 Å². The lowest BCUT2D eigenvalue weighted by atomic mass is 10.0.